The molecule has 2 aromatic carbocycles. The van der Waals surface area contributed by atoms with Gasteiger partial charge < -0.3 is 24.8 Å². The van der Waals surface area contributed by atoms with Crippen LogP contribution < -0.4 is 15.4 Å². The number of para-hydroxylation sites is 1. The summed E-state index contributed by atoms with van der Waals surface area (Å²) in [5, 5.41) is 17.8. The van der Waals surface area contributed by atoms with Crippen LogP contribution in [-0.2, 0) is 16.1 Å². The number of carbonyl (C=O) groups is 1. The second-order valence-electron chi connectivity index (χ2n) is 15.5. The number of fused-ring (bicyclic) bond motifs is 1. The molecule has 4 fully saturated rings. The predicted octanol–water partition coefficient (Wildman–Crippen LogP) is 5.90. The third-order valence-corrected chi connectivity index (χ3v) is 11.8. The van der Waals surface area contributed by atoms with E-state index in [0.717, 1.165) is 62.5 Å². The van der Waals surface area contributed by atoms with Crippen LogP contribution >= 0.6 is 0 Å². The van der Waals surface area contributed by atoms with Gasteiger partial charge in [0.05, 0.1) is 24.7 Å². The summed E-state index contributed by atoms with van der Waals surface area (Å²) in [6.07, 6.45) is 10.1. The Labute approximate surface area is 288 Å². The third-order valence-electron chi connectivity index (χ3n) is 11.8. The summed E-state index contributed by atoms with van der Waals surface area (Å²) in [6, 6.07) is 17.9. The smallest absolute Gasteiger partial charge is 0.230 e. The second kappa shape index (κ2) is 16.9. The normalized spacial score (nSPS) is 31.4. The van der Waals surface area contributed by atoms with Crippen LogP contribution in [0, 0.1) is 35.5 Å². The van der Waals surface area contributed by atoms with Crippen molar-refractivity contribution in [2.24, 2.45) is 35.5 Å². The molecule has 264 valence electrons. The Hall–Kier alpha value is -2.49. The highest BCUT2D eigenvalue weighted by Crippen LogP contribution is 2.39. The van der Waals surface area contributed by atoms with E-state index in [4.69, 9.17) is 9.47 Å². The number of hydrogen-bond donors (Lipinski definition) is 3. The van der Waals surface area contributed by atoms with Crippen molar-refractivity contribution in [1.82, 2.24) is 20.4 Å². The number of hydrogen-bond acceptors (Lipinski definition) is 7. The quantitative estimate of drug-likeness (QED) is 0.274. The lowest BCUT2D eigenvalue weighted by atomic mass is 9.71. The molecule has 48 heavy (non-hydrogen) atoms. The zero-order valence-corrected chi connectivity index (χ0v) is 29.6. The summed E-state index contributed by atoms with van der Waals surface area (Å²) in [5.41, 5.74) is 1.21. The number of nitrogens with zero attached hydrogens (tertiary/aromatic N) is 2. The zero-order valence-electron chi connectivity index (χ0n) is 29.6. The minimum absolute atomic E-state index is 0.0300. The fourth-order valence-corrected chi connectivity index (χ4v) is 8.93. The largest absolute Gasteiger partial charge is 0.457 e. The van der Waals surface area contributed by atoms with E-state index in [-0.39, 0.29) is 42.7 Å². The maximum atomic E-state index is 14.2. The molecule has 0 spiro atoms. The van der Waals surface area contributed by atoms with Crippen LogP contribution in [-0.4, -0.2) is 85.6 Å². The lowest BCUT2D eigenvalue weighted by Gasteiger charge is -2.48. The van der Waals surface area contributed by atoms with E-state index < -0.39 is 0 Å². The number of likely N-dealkylation sites (N-methyl/N-ethyl adjacent to an activating group) is 1. The fourth-order valence-electron chi connectivity index (χ4n) is 8.93. The van der Waals surface area contributed by atoms with E-state index in [2.05, 4.69) is 41.6 Å². The molecule has 8 heteroatoms. The first-order valence-electron chi connectivity index (χ1n) is 18.9. The summed E-state index contributed by atoms with van der Waals surface area (Å²) < 4.78 is 12.9. The number of amides is 1. The fraction of sp³-hybridized carbons (Fsp3) is 0.675. The lowest BCUT2D eigenvalue weighted by Crippen LogP contribution is -2.61. The Morgan fingerprint density at radius 2 is 1.58 bits per heavy atom. The number of benzene rings is 2. The number of ether oxygens (including phenoxy) is 2. The molecular formula is C40H60N4O4. The Morgan fingerprint density at radius 3 is 2.29 bits per heavy atom. The molecule has 3 aliphatic heterocycles. The van der Waals surface area contributed by atoms with Gasteiger partial charge in [-0.2, -0.15) is 0 Å². The third kappa shape index (κ3) is 8.99. The van der Waals surface area contributed by atoms with Gasteiger partial charge in [0, 0.05) is 32.1 Å². The van der Waals surface area contributed by atoms with Crippen molar-refractivity contribution < 1.29 is 19.4 Å². The molecule has 1 saturated carbocycles. The summed E-state index contributed by atoms with van der Waals surface area (Å²) in [5.74, 6) is 4.29. The average molecular weight is 661 g/mol. The highest BCUT2D eigenvalue weighted by Gasteiger charge is 2.45. The van der Waals surface area contributed by atoms with Gasteiger partial charge in [-0.1, -0.05) is 75.8 Å². The van der Waals surface area contributed by atoms with E-state index in [1.165, 1.54) is 50.5 Å². The summed E-state index contributed by atoms with van der Waals surface area (Å²) >= 11 is 0. The van der Waals surface area contributed by atoms with Gasteiger partial charge in [-0.3, -0.25) is 15.0 Å². The van der Waals surface area contributed by atoms with Crippen molar-refractivity contribution in [1.29, 1.82) is 0 Å². The molecule has 8 atom stereocenters. The minimum Gasteiger partial charge on any atom is -0.457 e. The lowest BCUT2D eigenvalue weighted by molar-refractivity contribution is -0.169. The van der Waals surface area contributed by atoms with Gasteiger partial charge in [0.25, 0.3) is 0 Å². The molecule has 5 unspecified atom stereocenters. The van der Waals surface area contributed by atoms with E-state index in [0.29, 0.717) is 18.4 Å². The summed E-state index contributed by atoms with van der Waals surface area (Å²) in [4.78, 5) is 18.5. The second-order valence-corrected chi connectivity index (χ2v) is 15.5. The Kier molecular flexibility index (Phi) is 12.5. The van der Waals surface area contributed by atoms with Crippen molar-refractivity contribution in [3.05, 3.63) is 60.2 Å². The highest BCUT2D eigenvalue weighted by molar-refractivity contribution is 5.80. The standard InChI is InChI=1S/C40H60N4O4/c1-28-24-44(29(2)27-45)40(46)37-20-34(33-19-32(21-41-22-33)31-11-7-4-5-8-12-31)23-42-39(37)48-38(28)26-43(3)25-30-15-17-36(18-16-30)47-35-13-9-6-10-14-35/h6,9-10,13-18,28-29,31-34,37-39,41-42,45H,4-5,7-8,11-12,19-27H2,1-3H3/t28-,29+,32?,33?,34?,37?,38+,39?/m1/s1. The van der Waals surface area contributed by atoms with Crippen LogP contribution in [0.5, 0.6) is 11.5 Å². The monoisotopic (exact) mass is 660 g/mol. The molecule has 0 radical (unpaired) electrons. The number of aliphatic hydroxyl groups is 1. The number of piperidine rings is 2. The molecular weight excluding hydrogens is 600 g/mol. The highest BCUT2D eigenvalue weighted by atomic mass is 16.5. The Morgan fingerprint density at radius 1 is 0.917 bits per heavy atom. The topological polar surface area (TPSA) is 86.3 Å². The molecule has 3 heterocycles. The Bertz CT molecular complexity index is 1270. The molecule has 3 saturated heterocycles. The molecule has 3 N–H and O–H groups in total. The van der Waals surface area contributed by atoms with E-state index in [9.17, 15) is 9.90 Å². The number of nitrogens with one attached hydrogen (secondary N) is 2. The van der Waals surface area contributed by atoms with E-state index in [1.54, 1.807) is 0 Å². The summed E-state index contributed by atoms with van der Waals surface area (Å²) in [6.45, 7) is 9.35. The first-order valence-corrected chi connectivity index (χ1v) is 18.9. The molecule has 1 aliphatic carbocycles. The van der Waals surface area contributed by atoms with Crippen molar-refractivity contribution in [2.75, 3.05) is 46.4 Å². The van der Waals surface area contributed by atoms with Crippen molar-refractivity contribution in [3.8, 4) is 11.5 Å². The predicted molar refractivity (Wildman–Crippen MR) is 191 cm³/mol. The number of aliphatic hydroxyl groups excluding tert-OH is 1. The van der Waals surface area contributed by atoms with Gasteiger partial charge in [0.2, 0.25) is 5.91 Å². The van der Waals surface area contributed by atoms with Gasteiger partial charge in [0.1, 0.15) is 17.7 Å². The van der Waals surface area contributed by atoms with Gasteiger partial charge in [0.15, 0.2) is 0 Å². The number of carbonyl (C=O) groups excluding carboxylic acids is 1. The van der Waals surface area contributed by atoms with Crippen molar-refractivity contribution >= 4 is 5.91 Å². The minimum atomic E-state index is -0.313. The first kappa shape index (κ1) is 35.3. The van der Waals surface area contributed by atoms with Crippen LogP contribution in [0.25, 0.3) is 0 Å². The van der Waals surface area contributed by atoms with Crippen molar-refractivity contribution in [3.63, 3.8) is 0 Å². The van der Waals surface area contributed by atoms with Crippen LogP contribution in [0.15, 0.2) is 54.6 Å². The van der Waals surface area contributed by atoms with Crippen LogP contribution in [0.4, 0.5) is 0 Å². The first-order chi connectivity index (χ1) is 23.4. The average Bonchev–Trinajstić information content (AvgIpc) is 3.41. The molecule has 8 nitrogen and oxygen atoms in total. The maximum absolute atomic E-state index is 14.2. The SMILES string of the molecule is C[C@@H]1CN([C@@H](C)CO)C(=O)C2CC(C3CNCC(C4CCCCCC4)C3)CNC2O[C@H]1CN(C)Cc1ccc(Oc2ccccc2)cc1. The molecule has 2 aromatic rings. The number of rotatable bonds is 10. The summed E-state index contributed by atoms with van der Waals surface area (Å²) in [7, 11) is 2.14. The molecule has 6 rings (SSSR count). The van der Waals surface area contributed by atoms with Crippen LogP contribution in [0.1, 0.15) is 70.8 Å². The molecule has 4 aliphatic rings. The van der Waals surface area contributed by atoms with Gasteiger partial charge in [-0.25, -0.2) is 0 Å². The van der Waals surface area contributed by atoms with Gasteiger partial charge >= 0.3 is 0 Å². The van der Waals surface area contributed by atoms with Gasteiger partial charge in [-0.15, -0.1) is 0 Å². The Balaban J connectivity index is 1.10. The van der Waals surface area contributed by atoms with Crippen LogP contribution in [0.2, 0.25) is 0 Å². The molecule has 0 bridgehead atoms. The molecule has 1 amide bonds. The van der Waals surface area contributed by atoms with Crippen molar-refractivity contribution in [2.45, 2.75) is 90.1 Å². The van der Waals surface area contributed by atoms with Gasteiger partial charge in [-0.05, 0) is 93.4 Å². The maximum Gasteiger partial charge on any atom is 0.230 e. The van der Waals surface area contributed by atoms with E-state index >= 15 is 0 Å². The molecule has 0 aromatic heterocycles. The van der Waals surface area contributed by atoms with Crippen LogP contribution in [0.3, 0.4) is 0 Å². The zero-order chi connectivity index (χ0) is 33.5. The van der Waals surface area contributed by atoms with E-state index in [1.807, 2.05) is 54.3 Å².